The monoisotopic (exact) mass is 221 g/mol. The second kappa shape index (κ2) is 4.44. The second-order valence-corrected chi connectivity index (χ2v) is 3.61. The molecular formula is C10H15N5O. The summed E-state index contributed by atoms with van der Waals surface area (Å²) >= 11 is 0. The Kier molecular flexibility index (Phi) is 3.00. The summed E-state index contributed by atoms with van der Waals surface area (Å²) in [6, 6.07) is 1.97. The molecule has 0 saturated carbocycles. The summed E-state index contributed by atoms with van der Waals surface area (Å²) in [6.07, 6.45) is 0. The van der Waals surface area contributed by atoms with Gasteiger partial charge in [0.25, 0.3) is 5.78 Å². The van der Waals surface area contributed by atoms with Crippen molar-refractivity contribution in [2.45, 2.75) is 13.8 Å². The van der Waals surface area contributed by atoms with E-state index in [1.165, 1.54) is 0 Å². The molecule has 0 atom stereocenters. The molecule has 0 radical (unpaired) electrons. The zero-order valence-electron chi connectivity index (χ0n) is 9.69. The lowest BCUT2D eigenvalue weighted by Crippen LogP contribution is -2.08. The third-order valence-electron chi connectivity index (χ3n) is 2.21. The number of methoxy groups -OCH3 is 1. The maximum Gasteiger partial charge on any atom is 0.254 e. The number of aromatic nitrogens is 4. The van der Waals surface area contributed by atoms with Crippen molar-refractivity contribution < 1.29 is 4.74 Å². The van der Waals surface area contributed by atoms with E-state index < -0.39 is 0 Å². The largest absolute Gasteiger partial charge is 0.383 e. The van der Waals surface area contributed by atoms with E-state index in [-0.39, 0.29) is 0 Å². The Morgan fingerprint density at radius 3 is 2.94 bits per heavy atom. The maximum absolute atomic E-state index is 4.94. The highest BCUT2D eigenvalue weighted by molar-refractivity contribution is 5.38. The minimum Gasteiger partial charge on any atom is -0.383 e. The van der Waals surface area contributed by atoms with Crippen molar-refractivity contribution in [3.8, 4) is 0 Å². The summed E-state index contributed by atoms with van der Waals surface area (Å²) in [4.78, 5) is 8.58. The first-order chi connectivity index (χ1) is 7.70. The smallest absolute Gasteiger partial charge is 0.254 e. The fourth-order valence-corrected chi connectivity index (χ4v) is 1.51. The van der Waals surface area contributed by atoms with E-state index in [9.17, 15) is 0 Å². The number of nitrogens with one attached hydrogen (secondary N) is 1. The van der Waals surface area contributed by atoms with Crippen molar-refractivity contribution in [1.29, 1.82) is 0 Å². The van der Waals surface area contributed by atoms with Crippen LogP contribution in [0, 0.1) is 13.8 Å². The molecule has 6 heteroatoms. The Morgan fingerprint density at radius 1 is 1.38 bits per heavy atom. The van der Waals surface area contributed by atoms with Gasteiger partial charge in [0.1, 0.15) is 0 Å². The number of fused-ring (bicyclic) bond motifs is 1. The highest BCUT2D eigenvalue weighted by atomic mass is 16.5. The molecule has 6 nitrogen and oxygen atoms in total. The first-order valence-electron chi connectivity index (χ1n) is 5.14. The second-order valence-electron chi connectivity index (χ2n) is 3.61. The summed E-state index contributed by atoms with van der Waals surface area (Å²) in [5.74, 6) is 1.20. The minimum absolute atomic E-state index is 0.582. The summed E-state index contributed by atoms with van der Waals surface area (Å²) in [5.41, 5.74) is 1.97. The molecule has 16 heavy (non-hydrogen) atoms. The molecule has 2 rings (SSSR count). The van der Waals surface area contributed by atoms with Crippen molar-refractivity contribution in [3.63, 3.8) is 0 Å². The van der Waals surface area contributed by atoms with E-state index in [2.05, 4.69) is 20.4 Å². The maximum atomic E-state index is 4.94. The van der Waals surface area contributed by atoms with Crippen molar-refractivity contribution in [2.24, 2.45) is 0 Å². The van der Waals surface area contributed by atoms with Gasteiger partial charge in [0.15, 0.2) is 0 Å². The molecule has 0 unspecified atom stereocenters. The lowest BCUT2D eigenvalue weighted by Gasteiger charge is -1.98. The Labute approximate surface area is 93.7 Å². The van der Waals surface area contributed by atoms with E-state index in [0.29, 0.717) is 24.9 Å². The molecule has 0 spiro atoms. The van der Waals surface area contributed by atoms with Crippen LogP contribution in [0.3, 0.4) is 0 Å². The lowest BCUT2D eigenvalue weighted by atomic mass is 10.4. The van der Waals surface area contributed by atoms with Gasteiger partial charge < -0.3 is 10.1 Å². The molecule has 2 heterocycles. The van der Waals surface area contributed by atoms with Crippen LogP contribution in [0.1, 0.15) is 11.4 Å². The fourth-order valence-electron chi connectivity index (χ4n) is 1.51. The van der Waals surface area contributed by atoms with E-state index >= 15 is 0 Å². The molecule has 1 N–H and O–H groups in total. The van der Waals surface area contributed by atoms with Gasteiger partial charge in [-0.25, -0.2) is 4.98 Å². The third kappa shape index (κ3) is 2.11. The highest BCUT2D eigenvalue weighted by Crippen LogP contribution is 2.07. The number of hydrogen-bond donors (Lipinski definition) is 1. The van der Waals surface area contributed by atoms with Gasteiger partial charge in [-0.3, -0.25) is 0 Å². The first kappa shape index (κ1) is 10.8. The fraction of sp³-hybridized carbons (Fsp3) is 0.500. The van der Waals surface area contributed by atoms with Crippen LogP contribution in [0.5, 0.6) is 0 Å². The third-order valence-corrected chi connectivity index (χ3v) is 2.21. The molecule has 2 aromatic rings. The zero-order valence-corrected chi connectivity index (χ0v) is 9.69. The van der Waals surface area contributed by atoms with Gasteiger partial charge in [-0.05, 0) is 19.9 Å². The molecule has 0 fully saturated rings. The van der Waals surface area contributed by atoms with Crippen LogP contribution in [0.25, 0.3) is 5.78 Å². The van der Waals surface area contributed by atoms with Crippen LogP contribution in [0.15, 0.2) is 6.07 Å². The number of aryl methyl sites for hydroxylation is 2. The highest BCUT2D eigenvalue weighted by Gasteiger charge is 2.06. The molecule has 0 amide bonds. The van der Waals surface area contributed by atoms with Crippen LogP contribution < -0.4 is 5.32 Å². The van der Waals surface area contributed by atoms with Gasteiger partial charge in [0.05, 0.1) is 6.61 Å². The average molecular weight is 221 g/mol. The minimum atomic E-state index is 0.582. The topological polar surface area (TPSA) is 64.3 Å². The molecular weight excluding hydrogens is 206 g/mol. The van der Waals surface area contributed by atoms with Gasteiger partial charge in [-0.1, -0.05) is 0 Å². The molecule has 0 aliphatic heterocycles. The predicted octanol–water partition coefficient (Wildman–Crippen LogP) is 0.799. The van der Waals surface area contributed by atoms with Crippen molar-refractivity contribution in [3.05, 3.63) is 17.5 Å². The van der Waals surface area contributed by atoms with Crippen molar-refractivity contribution in [1.82, 2.24) is 19.6 Å². The molecule has 0 saturated heterocycles. The molecule has 0 bridgehead atoms. The van der Waals surface area contributed by atoms with Crippen LogP contribution in [0.2, 0.25) is 0 Å². The molecule has 0 aromatic carbocycles. The van der Waals surface area contributed by atoms with Crippen LogP contribution in [0.4, 0.5) is 5.95 Å². The summed E-state index contributed by atoms with van der Waals surface area (Å²) in [5, 5.41) is 7.38. The Hall–Kier alpha value is -1.69. The number of nitrogens with zero attached hydrogens (tertiary/aromatic N) is 4. The quantitative estimate of drug-likeness (QED) is 0.774. The van der Waals surface area contributed by atoms with Gasteiger partial charge in [0, 0.05) is 25.0 Å². The zero-order chi connectivity index (χ0) is 11.5. The average Bonchev–Trinajstić information content (AvgIpc) is 2.61. The molecule has 86 valence electrons. The number of ether oxygens (including phenoxy) is 1. The summed E-state index contributed by atoms with van der Waals surface area (Å²) in [6.45, 7) is 5.24. The van der Waals surface area contributed by atoms with E-state index in [0.717, 1.165) is 11.4 Å². The van der Waals surface area contributed by atoms with Crippen LogP contribution in [-0.2, 0) is 4.74 Å². The van der Waals surface area contributed by atoms with Crippen LogP contribution in [-0.4, -0.2) is 39.8 Å². The molecule has 0 aliphatic carbocycles. The normalized spacial score (nSPS) is 10.9. The van der Waals surface area contributed by atoms with Gasteiger partial charge in [-0.15, -0.1) is 5.10 Å². The predicted molar refractivity (Wildman–Crippen MR) is 60.6 cm³/mol. The molecule has 0 aliphatic rings. The Bertz CT molecular complexity index is 493. The summed E-state index contributed by atoms with van der Waals surface area (Å²) < 4.78 is 6.66. The number of rotatable bonds is 4. The Morgan fingerprint density at radius 2 is 2.19 bits per heavy atom. The van der Waals surface area contributed by atoms with Crippen LogP contribution >= 0.6 is 0 Å². The number of anilines is 1. The Balaban J connectivity index is 2.26. The van der Waals surface area contributed by atoms with E-state index in [1.807, 2.05) is 19.9 Å². The van der Waals surface area contributed by atoms with E-state index in [1.54, 1.807) is 11.6 Å². The van der Waals surface area contributed by atoms with Gasteiger partial charge >= 0.3 is 0 Å². The van der Waals surface area contributed by atoms with E-state index in [4.69, 9.17) is 4.74 Å². The summed E-state index contributed by atoms with van der Waals surface area (Å²) in [7, 11) is 1.66. The lowest BCUT2D eigenvalue weighted by molar-refractivity contribution is 0.210. The van der Waals surface area contributed by atoms with Crippen molar-refractivity contribution >= 4 is 11.7 Å². The van der Waals surface area contributed by atoms with Gasteiger partial charge in [0.2, 0.25) is 5.95 Å². The first-order valence-corrected chi connectivity index (χ1v) is 5.14. The number of hydrogen-bond acceptors (Lipinski definition) is 5. The molecule has 2 aromatic heterocycles. The standard InChI is InChI=1S/C10H15N5O/c1-7-6-8(2)15-10(12-7)13-9(14-15)11-4-5-16-3/h6H,4-5H2,1-3H3,(H,11,14). The SMILES string of the molecule is COCCNc1nc2nc(C)cc(C)n2n1. The van der Waals surface area contributed by atoms with Gasteiger partial charge in [-0.2, -0.15) is 9.50 Å². The van der Waals surface area contributed by atoms with Crippen molar-refractivity contribution in [2.75, 3.05) is 25.6 Å².